The summed E-state index contributed by atoms with van der Waals surface area (Å²) in [6, 6.07) is 107. The minimum Gasteiger partial charge on any atom is -0.310 e. The van der Waals surface area contributed by atoms with Crippen molar-refractivity contribution in [2.75, 3.05) is 19.6 Å². The molecule has 0 fully saturated rings. The van der Waals surface area contributed by atoms with E-state index < -0.39 is 5.41 Å². The maximum absolute atomic E-state index is 4.79. The first-order chi connectivity index (χ1) is 44.7. The first kappa shape index (κ1) is 58.3. The topological polar surface area (TPSA) is 13.0 Å². The van der Waals surface area contributed by atoms with Crippen LogP contribution in [0.1, 0.15) is 108 Å². The van der Waals surface area contributed by atoms with Gasteiger partial charge in [0, 0.05) is 68.2 Å². The van der Waals surface area contributed by atoms with Crippen LogP contribution in [0, 0.1) is 0 Å². The van der Waals surface area contributed by atoms with Gasteiger partial charge in [0.1, 0.15) is 0 Å². The van der Waals surface area contributed by atoms with E-state index in [0.717, 1.165) is 135 Å². The molecule has 0 amide bonds. The second kappa shape index (κ2) is 24.9. The minimum absolute atomic E-state index is 0.928. The monoisotopic (exact) mass is 1180 g/mol. The molecule has 4 aliphatic rings. The maximum Gasteiger partial charge on any atom is 0.0716 e. The van der Waals surface area contributed by atoms with Crippen molar-refractivity contribution in [2.45, 2.75) is 85.5 Å². The molecule has 16 rings (SSSR count). The number of aryl methyl sites for hydroxylation is 6. The lowest BCUT2D eigenvalue weighted by molar-refractivity contribution is 0.768. The van der Waals surface area contributed by atoms with Crippen molar-refractivity contribution in [3.8, 4) is 11.1 Å². The van der Waals surface area contributed by atoms with E-state index in [1.165, 1.54) is 55.6 Å². The number of hydrogen-bond acceptors (Lipinski definition) is 4. The summed E-state index contributed by atoms with van der Waals surface area (Å²) in [6.07, 6.45) is 5.67. The second-order valence-corrected chi connectivity index (χ2v) is 24.4. The molecule has 446 valence electrons. The highest BCUT2D eigenvalue weighted by Gasteiger charge is 2.47. The Hall–Kier alpha value is -10.4. The number of fused-ring (bicyclic) bond motifs is 5. The number of benzene rings is 12. The van der Waals surface area contributed by atoms with Crippen molar-refractivity contribution < 1.29 is 0 Å². The van der Waals surface area contributed by atoms with E-state index in [1.807, 2.05) is 0 Å². The summed E-state index contributed by atoms with van der Waals surface area (Å²) in [6.45, 7) is 18.2. The Morgan fingerprint density at radius 3 is 0.824 bits per heavy atom. The van der Waals surface area contributed by atoms with Crippen molar-refractivity contribution >= 4 is 73.8 Å². The first-order valence-electron chi connectivity index (χ1n) is 32.8. The number of hydrogen-bond donors (Lipinski definition) is 0. The zero-order valence-corrected chi connectivity index (χ0v) is 53.3. The molecule has 0 aromatic heterocycles. The third-order valence-corrected chi connectivity index (χ3v) is 19.2. The number of nitrogens with zero attached hydrogens (tertiary/aromatic N) is 4. The van der Waals surface area contributed by atoms with E-state index in [0.29, 0.717) is 0 Å². The van der Waals surface area contributed by atoms with Crippen LogP contribution in [-0.4, -0.2) is 0 Å². The average molecular weight is 1180 g/mol. The molecule has 3 aliphatic heterocycles. The molecule has 91 heavy (non-hydrogen) atoms. The quantitative estimate of drug-likeness (QED) is 0.108. The van der Waals surface area contributed by atoms with E-state index in [9.17, 15) is 0 Å². The Morgan fingerprint density at radius 2 is 0.538 bits per heavy atom. The summed E-state index contributed by atoms with van der Waals surface area (Å²) in [4.78, 5) is 9.92. The molecule has 0 saturated carbocycles. The lowest BCUT2D eigenvalue weighted by Crippen LogP contribution is -2.30. The van der Waals surface area contributed by atoms with Gasteiger partial charge in [0.2, 0.25) is 0 Å². The molecule has 0 saturated heterocycles. The Labute approximate surface area is 539 Å². The van der Waals surface area contributed by atoms with E-state index in [4.69, 9.17) is 6.58 Å². The smallest absolute Gasteiger partial charge is 0.0716 e. The molecule has 12 aromatic carbocycles. The molecule has 12 aromatic rings. The Kier molecular flexibility index (Phi) is 15.9. The fourth-order valence-corrected chi connectivity index (χ4v) is 14.0. The van der Waals surface area contributed by atoms with Gasteiger partial charge < -0.3 is 19.6 Å². The normalized spacial score (nSPS) is 12.8. The predicted octanol–water partition coefficient (Wildman–Crippen LogP) is 23.7. The highest BCUT2D eigenvalue weighted by molar-refractivity contribution is 5.93. The molecule has 0 unspecified atom stereocenters. The molecule has 0 atom stereocenters. The highest BCUT2D eigenvalue weighted by Crippen LogP contribution is 2.59. The second-order valence-electron chi connectivity index (χ2n) is 24.4. The molecule has 1 spiro atoms. The van der Waals surface area contributed by atoms with Crippen molar-refractivity contribution in [1.82, 2.24) is 0 Å². The fraction of sp³-hybridized carbons (Fsp3) is 0.149. The van der Waals surface area contributed by atoms with Gasteiger partial charge in [-0.1, -0.05) is 194 Å². The van der Waals surface area contributed by atoms with Crippen LogP contribution >= 0.6 is 0 Å². The van der Waals surface area contributed by atoms with Crippen LogP contribution in [-0.2, 0) is 43.9 Å². The molecule has 4 nitrogen and oxygen atoms in total. The van der Waals surface area contributed by atoms with E-state index >= 15 is 0 Å². The highest BCUT2D eigenvalue weighted by atomic mass is 15.2. The zero-order chi connectivity index (χ0) is 62.2. The third kappa shape index (κ3) is 10.7. The van der Waals surface area contributed by atoms with Crippen LogP contribution in [0.25, 0.3) is 16.7 Å². The fourth-order valence-electron chi connectivity index (χ4n) is 14.0. The summed E-state index contributed by atoms with van der Waals surface area (Å²) in [5.41, 5.74) is 29.8. The van der Waals surface area contributed by atoms with Crippen LogP contribution in [0.5, 0.6) is 0 Å². The SMILES string of the molecule is C=C1c2ccc(cc2)N(c2ccc(CC)cc2)c2cc(N(c3ccc(CC)cc3)c3ccc(CC)cc3)cc(c2)C2(c3cc(N(c4ccc(CC)cc4)c4ccc(CC)cc4)cc(c3)N(c3ccc(CC)cc3)c3ccc1cc3)c1ccccc1-c1ccccc12. The predicted molar refractivity (Wildman–Crippen MR) is 387 cm³/mol. The van der Waals surface area contributed by atoms with Gasteiger partial charge >= 0.3 is 0 Å². The lowest BCUT2D eigenvalue weighted by Gasteiger charge is -2.39. The maximum atomic E-state index is 4.79. The van der Waals surface area contributed by atoms with Gasteiger partial charge in [-0.2, -0.15) is 0 Å². The largest absolute Gasteiger partial charge is 0.310 e. The number of anilines is 12. The molecule has 8 bridgehead atoms. The summed E-state index contributed by atoms with van der Waals surface area (Å²) in [7, 11) is 0. The van der Waals surface area contributed by atoms with Gasteiger partial charge in [0.25, 0.3) is 0 Å². The van der Waals surface area contributed by atoms with Gasteiger partial charge in [-0.15, -0.1) is 0 Å². The summed E-state index contributed by atoms with van der Waals surface area (Å²) < 4.78 is 0. The molecule has 0 N–H and O–H groups in total. The van der Waals surface area contributed by atoms with Crippen LogP contribution in [0.4, 0.5) is 68.2 Å². The van der Waals surface area contributed by atoms with Crippen molar-refractivity contribution in [3.63, 3.8) is 0 Å². The average Bonchev–Trinajstić information content (AvgIpc) is 1.59. The lowest BCUT2D eigenvalue weighted by atomic mass is 9.67. The molecule has 1 aliphatic carbocycles. The van der Waals surface area contributed by atoms with Gasteiger partial charge in [-0.3, -0.25) is 0 Å². The standard InChI is InChI=1S/C87H78N4/c1-8-61-22-38-71(39-23-61)88(72-40-24-62(9-2)25-41-72)79-54-69-56-81(58-79)90(75-46-30-65(12-5)31-47-75)77-50-34-67(35-51-77)60(7)68-36-52-78(53-37-68)91(76-48-32-66(13-6)33-49-76)82-57-70(87(69)85-20-16-14-18-83(85)84-19-15-17-21-86(84)87)55-80(59-82)89(73-42-26-63(10-3)27-43-73)74-44-28-64(11-4)29-45-74/h14-59H,7-13H2,1-6H3. The molecule has 3 heterocycles. The van der Waals surface area contributed by atoms with Gasteiger partial charge in [0.05, 0.1) is 5.41 Å². The van der Waals surface area contributed by atoms with Crippen molar-refractivity contribution in [3.05, 3.63) is 352 Å². The van der Waals surface area contributed by atoms with Crippen molar-refractivity contribution in [1.29, 1.82) is 0 Å². The van der Waals surface area contributed by atoms with Crippen molar-refractivity contribution in [2.24, 2.45) is 0 Å². The third-order valence-electron chi connectivity index (χ3n) is 19.2. The molecular weight excluding hydrogens is 1100 g/mol. The van der Waals surface area contributed by atoms with Crippen LogP contribution < -0.4 is 19.6 Å². The van der Waals surface area contributed by atoms with Crippen LogP contribution in [0.3, 0.4) is 0 Å². The summed E-state index contributed by atoms with van der Waals surface area (Å²) in [5.74, 6) is 0. The van der Waals surface area contributed by atoms with Gasteiger partial charge in [0.15, 0.2) is 0 Å². The Bertz CT molecular complexity index is 4170. The zero-order valence-electron chi connectivity index (χ0n) is 53.3. The first-order valence-corrected chi connectivity index (χ1v) is 32.8. The summed E-state index contributed by atoms with van der Waals surface area (Å²) in [5, 5.41) is 0. The number of rotatable bonds is 14. The Morgan fingerprint density at radius 1 is 0.275 bits per heavy atom. The summed E-state index contributed by atoms with van der Waals surface area (Å²) >= 11 is 0. The Balaban J connectivity index is 1.17. The van der Waals surface area contributed by atoms with E-state index in [2.05, 4.69) is 340 Å². The molecule has 4 heteroatoms. The van der Waals surface area contributed by atoms with Gasteiger partial charge in [-0.05, 0) is 255 Å². The molecule has 0 radical (unpaired) electrons. The minimum atomic E-state index is -0.928. The molecular formula is C87H78N4. The van der Waals surface area contributed by atoms with Crippen LogP contribution in [0.15, 0.2) is 286 Å². The van der Waals surface area contributed by atoms with E-state index in [-0.39, 0.29) is 0 Å². The van der Waals surface area contributed by atoms with Gasteiger partial charge in [-0.25, -0.2) is 0 Å². The van der Waals surface area contributed by atoms with Crippen LogP contribution in [0.2, 0.25) is 0 Å². The van der Waals surface area contributed by atoms with E-state index in [1.54, 1.807) is 0 Å².